The van der Waals surface area contributed by atoms with Crippen molar-refractivity contribution in [2.75, 3.05) is 6.54 Å². The minimum absolute atomic E-state index is 0.00640. The van der Waals surface area contributed by atoms with Gasteiger partial charge < -0.3 is 10.8 Å². The Bertz CT molecular complexity index is 322. The molecule has 0 unspecified atom stereocenters. The van der Waals surface area contributed by atoms with Gasteiger partial charge in [0.05, 0.1) is 6.54 Å². The van der Waals surface area contributed by atoms with E-state index in [1.807, 2.05) is 0 Å². The maximum Gasteiger partial charge on any atom is 0.176 e. The molecule has 0 heterocycles. The molecule has 0 aliphatic rings. The van der Waals surface area contributed by atoms with Crippen molar-refractivity contribution in [3.8, 4) is 5.75 Å². The summed E-state index contributed by atoms with van der Waals surface area (Å²) < 4.78 is 0. The third-order valence-electron chi connectivity index (χ3n) is 1.98. The number of rotatable bonds is 2. The van der Waals surface area contributed by atoms with Gasteiger partial charge in [-0.2, -0.15) is 0 Å². The number of benzene rings is 1. The van der Waals surface area contributed by atoms with E-state index >= 15 is 0 Å². The first-order valence-corrected chi connectivity index (χ1v) is 4.09. The molecule has 0 saturated heterocycles. The number of hydrogen-bond acceptors (Lipinski definition) is 3. The maximum absolute atomic E-state index is 11.4. The highest BCUT2D eigenvalue weighted by Crippen LogP contribution is 2.20. The Morgan fingerprint density at radius 3 is 2.23 bits per heavy atom. The predicted octanol–water partition coefficient (Wildman–Crippen LogP) is 1.15. The number of carbonyl (C=O) groups is 1. The van der Waals surface area contributed by atoms with Crippen LogP contribution in [0.25, 0.3) is 0 Å². The second-order valence-corrected chi connectivity index (χ2v) is 3.08. The van der Waals surface area contributed by atoms with Crippen LogP contribution < -0.4 is 5.73 Å². The van der Waals surface area contributed by atoms with E-state index in [1.54, 1.807) is 26.0 Å². The Morgan fingerprint density at radius 1 is 1.38 bits per heavy atom. The largest absolute Gasteiger partial charge is 0.508 e. The van der Waals surface area contributed by atoms with Crippen LogP contribution in [-0.2, 0) is 0 Å². The van der Waals surface area contributed by atoms with Crippen LogP contribution in [0, 0.1) is 13.8 Å². The molecule has 1 aromatic carbocycles. The van der Waals surface area contributed by atoms with Crippen LogP contribution in [-0.4, -0.2) is 17.4 Å². The predicted molar refractivity (Wildman–Crippen MR) is 51.0 cm³/mol. The molecule has 70 valence electrons. The highest BCUT2D eigenvalue weighted by atomic mass is 16.3. The van der Waals surface area contributed by atoms with E-state index in [-0.39, 0.29) is 18.1 Å². The van der Waals surface area contributed by atoms with E-state index in [2.05, 4.69) is 0 Å². The van der Waals surface area contributed by atoms with E-state index in [4.69, 9.17) is 5.73 Å². The van der Waals surface area contributed by atoms with Gasteiger partial charge in [-0.3, -0.25) is 4.79 Å². The van der Waals surface area contributed by atoms with Crippen molar-refractivity contribution in [1.82, 2.24) is 0 Å². The molecule has 1 aromatic rings. The van der Waals surface area contributed by atoms with Gasteiger partial charge in [-0.05, 0) is 37.1 Å². The smallest absolute Gasteiger partial charge is 0.176 e. The number of Topliss-reactive ketones (excluding diaryl/α,β-unsaturated/α-hetero) is 1. The molecular weight excluding hydrogens is 166 g/mol. The van der Waals surface area contributed by atoms with Gasteiger partial charge in [0.1, 0.15) is 5.75 Å². The van der Waals surface area contributed by atoms with E-state index in [0.29, 0.717) is 5.56 Å². The van der Waals surface area contributed by atoms with Crippen molar-refractivity contribution in [2.45, 2.75) is 13.8 Å². The van der Waals surface area contributed by atoms with Crippen molar-refractivity contribution in [3.05, 3.63) is 28.8 Å². The van der Waals surface area contributed by atoms with Crippen LogP contribution in [0.3, 0.4) is 0 Å². The van der Waals surface area contributed by atoms with Gasteiger partial charge in [-0.1, -0.05) is 0 Å². The monoisotopic (exact) mass is 179 g/mol. The highest BCUT2D eigenvalue weighted by Gasteiger charge is 2.11. The molecule has 3 heteroatoms. The van der Waals surface area contributed by atoms with Crippen molar-refractivity contribution in [1.29, 1.82) is 0 Å². The topological polar surface area (TPSA) is 63.3 Å². The Hall–Kier alpha value is -1.35. The lowest BCUT2D eigenvalue weighted by molar-refractivity contribution is 0.1000. The zero-order valence-corrected chi connectivity index (χ0v) is 7.79. The molecule has 0 atom stereocenters. The zero-order valence-electron chi connectivity index (χ0n) is 7.79. The van der Waals surface area contributed by atoms with Gasteiger partial charge >= 0.3 is 0 Å². The van der Waals surface area contributed by atoms with E-state index < -0.39 is 0 Å². The summed E-state index contributed by atoms with van der Waals surface area (Å²) in [4.78, 5) is 11.4. The third kappa shape index (κ3) is 1.87. The first kappa shape index (κ1) is 9.74. The van der Waals surface area contributed by atoms with E-state index in [1.165, 1.54) is 0 Å². The highest BCUT2D eigenvalue weighted by molar-refractivity contribution is 6.00. The standard InChI is InChI=1S/C10H13NO2/c1-6-3-8(12)4-7(2)10(6)9(13)5-11/h3-4,12H,5,11H2,1-2H3. The fraction of sp³-hybridized carbons (Fsp3) is 0.300. The fourth-order valence-electron chi connectivity index (χ4n) is 1.48. The van der Waals surface area contributed by atoms with Crippen LogP contribution in [0.2, 0.25) is 0 Å². The van der Waals surface area contributed by atoms with Crippen LogP contribution in [0.1, 0.15) is 21.5 Å². The Morgan fingerprint density at radius 2 is 1.85 bits per heavy atom. The lowest BCUT2D eigenvalue weighted by Gasteiger charge is -2.07. The molecular formula is C10H13NO2. The Balaban J connectivity index is 3.28. The molecule has 0 spiro atoms. The molecule has 0 aromatic heterocycles. The summed E-state index contributed by atoms with van der Waals surface area (Å²) in [5, 5.41) is 9.23. The number of phenols is 1. The first-order chi connectivity index (χ1) is 6.06. The number of aromatic hydroxyl groups is 1. The van der Waals surface area contributed by atoms with Gasteiger partial charge in [0.25, 0.3) is 0 Å². The quantitative estimate of drug-likeness (QED) is 0.669. The summed E-state index contributed by atoms with van der Waals surface area (Å²) in [6.45, 7) is 3.58. The van der Waals surface area contributed by atoms with Crippen LogP contribution in [0.5, 0.6) is 5.75 Å². The summed E-state index contributed by atoms with van der Waals surface area (Å²) in [5.74, 6) is 0.0959. The average Bonchev–Trinajstić information content (AvgIpc) is 2.02. The van der Waals surface area contributed by atoms with Gasteiger partial charge in [0.15, 0.2) is 5.78 Å². The SMILES string of the molecule is Cc1cc(O)cc(C)c1C(=O)CN. The average molecular weight is 179 g/mol. The maximum atomic E-state index is 11.4. The molecule has 0 aliphatic carbocycles. The number of phenolic OH excluding ortho intramolecular Hbond substituents is 1. The van der Waals surface area contributed by atoms with Gasteiger partial charge in [-0.15, -0.1) is 0 Å². The van der Waals surface area contributed by atoms with Gasteiger partial charge in [0, 0.05) is 5.56 Å². The van der Waals surface area contributed by atoms with Gasteiger partial charge in [0.2, 0.25) is 0 Å². The molecule has 1 rings (SSSR count). The number of ketones is 1. The molecule has 0 saturated carbocycles. The zero-order chi connectivity index (χ0) is 10.0. The van der Waals surface area contributed by atoms with E-state index in [9.17, 15) is 9.90 Å². The lowest BCUT2D eigenvalue weighted by Crippen LogP contribution is -2.16. The molecule has 0 radical (unpaired) electrons. The minimum Gasteiger partial charge on any atom is -0.508 e. The summed E-state index contributed by atoms with van der Waals surface area (Å²) >= 11 is 0. The Labute approximate surface area is 77.2 Å². The second-order valence-electron chi connectivity index (χ2n) is 3.08. The molecule has 0 aliphatic heterocycles. The summed E-state index contributed by atoms with van der Waals surface area (Å²) in [7, 11) is 0. The minimum atomic E-state index is -0.0880. The number of carbonyl (C=O) groups excluding carboxylic acids is 1. The number of nitrogens with two attached hydrogens (primary N) is 1. The summed E-state index contributed by atoms with van der Waals surface area (Å²) in [6.07, 6.45) is 0. The molecule has 0 amide bonds. The first-order valence-electron chi connectivity index (χ1n) is 4.09. The van der Waals surface area contributed by atoms with Crippen LogP contribution >= 0.6 is 0 Å². The second kappa shape index (κ2) is 3.58. The molecule has 0 fully saturated rings. The fourth-order valence-corrected chi connectivity index (χ4v) is 1.48. The summed E-state index contributed by atoms with van der Waals surface area (Å²) in [5.41, 5.74) is 7.44. The van der Waals surface area contributed by atoms with Crippen molar-refractivity contribution in [2.24, 2.45) is 5.73 Å². The molecule has 3 nitrogen and oxygen atoms in total. The van der Waals surface area contributed by atoms with E-state index in [0.717, 1.165) is 11.1 Å². The molecule has 13 heavy (non-hydrogen) atoms. The van der Waals surface area contributed by atoms with Crippen molar-refractivity contribution < 1.29 is 9.90 Å². The Kier molecular flexibility index (Phi) is 2.68. The van der Waals surface area contributed by atoms with Crippen LogP contribution in [0.4, 0.5) is 0 Å². The van der Waals surface area contributed by atoms with Crippen molar-refractivity contribution >= 4 is 5.78 Å². The normalized spacial score (nSPS) is 10.1. The van der Waals surface area contributed by atoms with Gasteiger partial charge in [-0.25, -0.2) is 0 Å². The third-order valence-corrected chi connectivity index (χ3v) is 1.98. The lowest BCUT2D eigenvalue weighted by atomic mass is 9.99. The molecule has 0 bridgehead atoms. The van der Waals surface area contributed by atoms with Crippen molar-refractivity contribution in [3.63, 3.8) is 0 Å². The van der Waals surface area contributed by atoms with Crippen LogP contribution in [0.15, 0.2) is 12.1 Å². The number of hydrogen-bond donors (Lipinski definition) is 2. The summed E-state index contributed by atoms with van der Waals surface area (Å²) in [6, 6.07) is 3.13. The number of aryl methyl sites for hydroxylation is 2. The molecule has 3 N–H and O–H groups in total.